The van der Waals surface area contributed by atoms with Crippen LogP contribution in [0.25, 0.3) is 0 Å². The van der Waals surface area contributed by atoms with Crippen LogP contribution in [0, 0.1) is 4.91 Å². The van der Waals surface area contributed by atoms with Gasteiger partial charge >= 0.3 is 29.6 Å². The van der Waals surface area contributed by atoms with Crippen molar-refractivity contribution in [2.45, 2.75) is 0 Å². The first-order valence-corrected chi connectivity index (χ1v) is 3.08. The van der Waals surface area contributed by atoms with Crippen molar-refractivity contribution >= 4 is 11.7 Å². The summed E-state index contributed by atoms with van der Waals surface area (Å²) in [7, 11) is 0. The Morgan fingerprint density at radius 1 is 1.54 bits per heavy atom. The van der Waals surface area contributed by atoms with Crippen LogP contribution in [-0.2, 0) is 0 Å². The number of nitrogens with one attached hydrogen (secondary N) is 1. The number of carbonyl (C=O) groups excluding carboxylic acids is 1. The average Bonchev–Trinajstić information content (AvgIpc) is 2.06. The van der Waals surface area contributed by atoms with Gasteiger partial charge in [0.05, 0.1) is 10.8 Å². The molecule has 0 radical (unpaired) electrons. The molecule has 0 aliphatic heterocycles. The first kappa shape index (κ1) is 12.0. The summed E-state index contributed by atoms with van der Waals surface area (Å²) in [5.74, 6) is -0.289. The number of hydrogen-bond acceptors (Lipinski definition) is 4. The van der Waals surface area contributed by atoms with Gasteiger partial charge in [0.2, 0.25) is 5.91 Å². The Morgan fingerprint density at radius 3 is 2.62 bits per heavy atom. The van der Waals surface area contributed by atoms with E-state index in [1.807, 2.05) is 0 Å². The number of anilines is 1. The van der Waals surface area contributed by atoms with Gasteiger partial charge in [-0.15, -0.1) is 4.91 Å². The van der Waals surface area contributed by atoms with E-state index in [1.54, 1.807) is 0 Å². The molecular weight excluding hydrogens is 183 g/mol. The Hall–Kier alpha value is -0.980. The van der Waals surface area contributed by atoms with E-state index in [-0.39, 0.29) is 40.9 Å². The summed E-state index contributed by atoms with van der Waals surface area (Å²) in [4.78, 5) is 23.9. The second-order valence-corrected chi connectivity index (χ2v) is 2.00. The van der Waals surface area contributed by atoms with Crippen LogP contribution < -0.4 is 40.7 Å². The van der Waals surface area contributed by atoms with Gasteiger partial charge in [-0.05, 0) is 12.1 Å². The minimum Gasteiger partial charge on any atom is -0.366 e. The van der Waals surface area contributed by atoms with E-state index < -0.39 is 5.91 Å². The SMILES string of the molecule is NC(=O)c1ccc(NN=O)nc1.[Na+]. The topological polar surface area (TPSA) is 97.4 Å². The molecule has 0 spiro atoms. The second-order valence-electron chi connectivity index (χ2n) is 2.00. The molecule has 0 aliphatic rings. The van der Waals surface area contributed by atoms with Gasteiger partial charge in [-0.1, -0.05) is 0 Å². The van der Waals surface area contributed by atoms with Gasteiger partial charge in [-0.3, -0.25) is 4.79 Å². The van der Waals surface area contributed by atoms with Crippen LogP contribution in [-0.4, -0.2) is 10.9 Å². The molecule has 6 nitrogen and oxygen atoms in total. The largest absolute Gasteiger partial charge is 1.00 e. The monoisotopic (exact) mass is 189 g/mol. The first-order chi connectivity index (χ1) is 5.74. The molecule has 1 heterocycles. The minimum atomic E-state index is -0.562. The van der Waals surface area contributed by atoms with Gasteiger partial charge in [0, 0.05) is 6.20 Å². The molecule has 3 N–H and O–H groups in total. The van der Waals surface area contributed by atoms with Gasteiger partial charge < -0.3 is 5.73 Å². The third-order valence-corrected chi connectivity index (χ3v) is 1.21. The molecule has 0 unspecified atom stereocenters. The summed E-state index contributed by atoms with van der Waals surface area (Å²) in [6.45, 7) is 0. The maximum atomic E-state index is 10.5. The van der Waals surface area contributed by atoms with E-state index in [2.05, 4.69) is 15.7 Å². The van der Waals surface area contributed by atoms with Crippen molar-refractivity contribution in [1.82, 2.24) is 4.98 Å². The maximum absolute atomic E-state index is 10.5. The summed E-state index contributed by atoms with van der Waals surface area (Å²) in [5.41, 5.74) is 7.32. The smallest absolute Gasteiger partial charge is 0.366 e. The molecule has 0 aromatic carbocycles. The number of hydrogen-bond donors (Lipinski definition) is 2. The molecule has 0 fully saturated rings. The molecule has 0 bridgehead atoms. The van der Waals surface area contributed by atoms with E-state index in [0.717, 1.165) is 0 Å². The van der Waals surface area contributed by atoms with Crippen LogP contribution in [0.1, 0.15) is 10.4 Å². The van der Waals surface area contributed by atoms with Crippen LogP contribution in [0.3, 0.4) is 0 Å². The Balaban J connectivity index is 0.00000144. The zero-order chi connectivity index (χ0) is 8.97. The zero-order valence-corrected chi connectivity index (χ0v) is 9.02. The molecule has 13 heavy (non-hydrogen) atoms. The van der Waals surface area contributed by atoms with Crippen molar-refractivity contribution < 1.29 is 34.4 Å². The first-order valence-electron chi connectivity index (χ1n) is 3.08. The molecule has 62 valence electrons. The van der Waals surface area contributed by atoms with Gasteiger partial charge in [0.25, 0.3) is 0 Å². The number of aromatic nitrogens is 1. The molecule has 7 heteroatoms. The Bertz CT molecular complexity index is 300. The van der Waals surface area contributed by atoms with Gasteiger partial charge in [-0.2, -0.15) is 0 Å². The molecule has 1 rings (SSSR count). The standard InChI is InChI=1S/C6H6N4O2.Na/c7-6(11)4-1-2-5(8-3-4)9-10-12;/h1-3H,(H2,7,11)(H,8,9,12);/q;+1. The second kappa shape index (κ2) is 5.63. The number of nitrogens with zero attached hydrogens (tertiary/aromatic N) is 2. The van der Waals surface area contributed by atoms with Crippen molar-refractivity contribution in [2.75, 3.05) is 5.43 Å². The van der Waals surface area contributed by atoms with Crippen LogP contribution in [0.15, 0.2) is 23.6 Å². The summed E-state index contributed by atoms with van der Waals surface area (Å²) < 4.78 is 0. The zero-order valence-electron chi connectivity index (χ0n) is 7.02. The quantitative estimate of drug-likeness (QED) is 0.306. The van der Waals surface area contributed by atoms with E-state index in [0.29, 0.717) is 0 Å². The van der Waals surface area contributed by atoms with Crippen LogP contribution >= 0.6 is 0 Å². The van der Waals surface area contributed by atoms with E-state index in [4.69, 9.17) is 5.73 Å². The van der Waals surface area contributed by atoms with E-state index in [1.165, 1.54) is 18.3 Å². The summed E-state index contributed by atoms with van der Waals surface area (Å²) in [5, 5.41) is 2.40. The van der Waals surface area contributed by atoms with Gasteiger partial charge in [-0.25, -0.2) is 10.4 Å². The van der Waals surface area contributed by atoms with Crippen LogP contribution in [0.5, 0.6) is 0 Å². The van der Waals surface area contributed by atoms with Crippen molar-refractivity contribution in [2.24, 2.45) is 11.0 Å². The van der Waals surface area contributed by atoms with Gasteiger partial charge in [0.15, 0.2) is 0 Å². The third kappa shape index (κ3) is 3.49. The molecule has 1 aromatic heterocycles. The van der Waals surface area contributed by atoms with Crippen molar-refractivity contribution in [3.63, 3.8) is 0 Å². The normalized spacial score (nSPS) is 8.31. The van der Waals surface area contributed by atoms with Crippen LogP contribution in [0.2, 0.25) is 0 Å². The predicted octanol–water partition coefficient (Wildman–Crippen LogP) is -2.72. The molecule has 0 atom stereocenters. The Morgan fingerprint density at radius 2 is 2.23 bits per heavy atom. The summed E-state index contributed by atoms with van der Waals surface area (Å²) >= 11 is 0. The van der Waals surface area contributed by atoms with E-state index in [9.17, 15) is 9.70 Å². The fourth-order valence-electron chi connectivity index (χ4n) is 0.653. The summed E-state index contributed by atoms with van der Waals surface area (Å²) in [6.07, 6.45) is 1.26. The number of pyridine rings is 1. The average molecular weight is 189 g/mol. The molecule has 1 aromatic rings. The molecule has 0 saturated carbocycles. The van der Waals surface area contributed by atoms with Crippen molar-refractivity contribution in [3.8, 4) is 0 Å². The number of amides is 1. The van der Waals surface area contributed by atoms with Gasteiger partial charge in [0.1, 0.15) is 5.82 Å². The number of primary amides is 1. The fourth-order valence-corrected chi connectivity index (χ4v) is 0.653. The van der Waals surface area contributed by atoms with E-state index >= 15 is 0 Å². The maximum Gasteiger partial charge on any atom is 1.00 e. The number of nitroso groups, excluding NO2 is 1. The number of rotatable bonds is 3. The third-order valence-electron chi connectivity index (χ3n) is 1.21. The Labute approximate surface area is 96.1 Å². The summed E-state index contributed by atoms with van der Waals surface area (Å²) in [6, 6.07) is 2.88. The fraction of sp³-hybridized carbons (Fsp3) is 0. The van der Waals surface area contributed by atoms with Crippen molar-refractivity contribution in [1.29, 1.82) is 0 Å². The molecular formula is C6H6N4NaO2+. The predicted molar refractivity (Wildman–Crippen MR) is 42.2 cm³/mol. The molecule has 0 aliphatic carbocycles. The van der Waals surface area contributed by atoms with Crippen LogP contribution in [0.4, 0.5) is 5.82 Å². The molecule has 0 saturated heterocycles. The van der Waals surface area contributed by atoms with Crippen molar-refractivity contribution in [3.05, 3.63) is 28.8 Å². The minimum absolute atomic E-state index is 0. The number of nitrogens with two attached hydrogens (primary N) is 1. The molecule has 1 amide bonds. The Kier molecular flexibility index (Phi) is 5.20. The number of carbonyl (C=O) groups is 1.